The number of H-pyrrole nitrogens is 1. The topological polar surface area (TPSA) is 123 Å². The van der Waals surface area contributed by atoms with E-state index in [1.165, 1.54) is 18.2 Å². The number of benzene rings is 3. The van der Waals surface area contributed by atoms with Crippen molar-refractivity contribution in [1.29, 1.82) is 0 Å². The van der Waals surface area contributed by atoms with Crippen LogP contribution >= 0.6 is 0 Å². The molecule has 2 unspecified atom stereocenters. The van der Waals surface area contributed by atoms with Crippen molar-refractivity contribution in [2.24, 2.45) is 5.14 Å². The Hall–Kier alpha value is -3.22. The van der Waals surface area contributed by atoms with Gasteiger partial charge in [-0.2, -0.15) is 13.2 Å². The fourth-order valence-corrected chi connectivity index (χ4v) is 5.74. The third-order valence-electron chi connectivity index (χ3n) is 6.07. The molecule has 0 radical (unpaired) electrons. The van der Waals surface area contributed by atoms with Crippen molar-refractivity contribution in [1.82, 2.24) is 9.97 Å². The smallest absolute Gasteiger partial charge is 0.342 e. The first kappa shape index (κ1) is 23.5. The standard InChI is InChI=1S/C23H18F3N3O4S2/c24-23(25,26)34(30,31)15-8-5-13(6-9-15)17-12-18(17)22-28-19-10-7-14(11-20(19)29-22)16-3-1-2-4-21(16)35(27,32)33/h1-11,17-18H,12H2,(H,28,29)(H2,27,32,33). The molecule has 0 spiro atoms. The van der Waals surface area contributed by atoms with Gasteiger partial charge in [-0.15, -0.1) is 0 Å². The molecule has 0 saturated heterocycles. The first-order valence-electron chi connectivity index (χ1n) is 10.4. The zero-order valence-electron chi connectivity index (χ0n) is 17.8. The number of aromatic nitrogens is 2. The highest BCUT2D eigenvalue weighted by molar-refractivity contribution is 7.92. The van der Waals surface area contributed by atoms with Crippen molar-refractivity contribution in [3.05, 3.63) is 78.1 Å². The van der Waals surface area contributed by atoms with Crippen LogP contribution in [0.15, 0.2) is 76.5 Å². The quantitative estimate of drug-likeness (QED) is 0.402. The number of hydrogen-bond acceptors (Lipinski definition) is 5. The van der Waals surface area contributed by atoms with Crippen LogP contribution in [0.5, 0.6) is 0 Å². The van der Waals surface area contributed by atoms with Gasteiger partial charge in [0.1, 0.15) is 5.82 Å². The van der Waals surface area contributed by atoms with E-state index in [1.807, 2.05) is 0 Å². The maximum atomic E-state index is 12.8. The van der Waals surface area contributed by atoms with Gasteiger partial charge in [-0.1, -0.05) is 36.4 Å². The number of hydrogen-bond donors (Lipinski definition) is 2. The Kier molecular flexibility index (Phi) is 5.31. The second kappa shape index (κ2) is 7.90. The van der Waals surface area contributed by atoms with E-state index < -0.39 is 30.3 Å². The molecule has 7 nitrogen and oxygen atoms in total. The Morgan fingerprint density at radius 3 is 2.26 bits per heavy atom. The molecule has 1 aromatic heterocycles. The Bertz CT molecular complexity index is 1660. The molecule has 1 aliphatic rings. The predicted molar refractivity (Wildman–Crippen MR) is 123 cm³/mol. The van der Waals surface area contributed by atoms with Crippen molar-refractivity contribution in [2.75, 3.05) is 0 Å². The van der Waals surface area contributed by atoms with Crippen molar-refractivity contribution in [3.63, 3.8) is 0 Å². The molecule has 1 fully saturated rings. The van der Waals surface area contributed by atoms with Crippen molar-refractivity contribution in [3.8, 4) is 11.1 Å². The summed E-state index contributed by atoms with van der Waals surface area (Å²) in [6.07, 6.45) is 0.701. The number of sulfone groups is 1. The lowest BCUT2D eigenvalue weighted by Crippen LogP contribution is -2.23. The molecule has 3 aromatic carbocycles. The van der Waals surface area contributed by atoms with Gasteiger partial charge < -0.3 is 4.98 Å². The van der Waals surface area contributed by atoms with Crippen LogP contribution in [0, 0.1) is 0 Å². The van der Waals surface area contributed by atoms with Gasteiger partial charge in [0.05, 0.1) is 20.8 Å². The Labute approximate surface area is 198 Å². The summed E-state index contributed by atoms with van der Waals surface area (Å²) in [5, 5.41) is 5.35. The predicted octanol–water partition coefficient (Wildman–Crippen LogP) is 4.44. The summed E-state index contributed by atoms with van der Waals surface area (Å²) < 4.78 is 85.3. The maximum absolute atomic E-state index is 12.8. The van der Waals surface area contributed by atoms with Gasteiger partial charge in [0.2, 0.25) is 10.0 Å². The van der Waals surface area contributed by atoms with Crippen LogP contribution in [-0.4, -0.2) is 32.3 Å². The number of sulfonamides is 1. The molecule has 1 aliphatic carbocycles. The fraction of sp³-hybridized carbons (Fsp3) is 0.174. The van der Waals surface area contributed by atoms with E-state index in [2.05, 4.69) is 9.97 Å². The highest BCUT2D eigenvalue weighted by atomic mass is 32.2. The number of alkyl halides is 3. The monoisotopic (exact) mass is 521 g/mol. The number of fused-ring (bicyclic) bond motifs is 1. The van der Waals surface area contributed by atoms with Gasteiger partial charge in [-0.3, -0.25) is 0 Å². The van der Waals surface area contributed by atoms with Gasteiger partial charge >= 0.3 is 5.51 Å². The van der Waals surface area contributed by atoms with Crippen LogP contribution in [0.25, 0.3) is 22.2 Å². The van der Waals surface area contributed by atoms with Crippen LogP contribution in [-0.2, 0) is 19.9 Å². The summed E-state index contributed by atoms with van der Waals surface area (Å²) in [5.74, 6) is 0.669. The van der Waals surface area contributed by atoms with Crippen molar-refractivity contribution in [2.45, 2.75) is 33.6 Å². The lowest BCUT2D eigenvalue weighted by Gasteiger charge is -2.08. The molecule has 182 valence electrons. The van der Waals surface area contributed by atoms with Gasteiger partial charge in [-0.05, 0) is 53.8 Å². The molecule has 0 aliphatic heterocycles. The molecule has 1 saturated carbocycles. The molecule has 12 heteroatoms. The van der Waals surface area contributed by atoms with Crippen molar-refractivity contribution < 1.29 is 30.0 Å². The number of primary sulfonamides is 1. The highest BCUT2D eigenvalue weighted by Gasteiger charge is 2.47. The first-order chi connectivity index (χ1) is 16.4. The third kappa shape index (κ3) is 4.21. The molecule has 4 aromatic rings. The summed E-state index contributed by atoms with van der Waals surface area (Å²) in [4.78, 5) is 7.09. The minimum atomic E-state index is -5.38. The van der Waals surface area contributed by atoms with E-state index in [4.69, 9.17) is 5.14 Å². The van der Waals surface area contributed by atoms with E-state index >= 15 is 0 Å². The zero-order chi connectivity index (χ0) is 25.2. The molecular formula is C23H18F3N3O4S2. The molecule has 5 rings (SSSR count). The molecule has 35 heavy (non-hydrogen) atoms. The fourth-order valence-electron chi connectivity index (χ4n) is 4.22. The van der Waals surface area contributed by atoms with Crippen LogP contribution in [0.3, 0.4) is 0 Å². The number of imidazole rings is 1. The van der Waals surface area contributed by atoms with E-state index in [9.17, 15) is 30.0 Å². The molecular weight excluding hydrogens is 503 g/mol. The maximum Gasteiger partial charge on any atom is 0.501 e. The number of halogens is 3. The normalized spacial score (nSPS) is 18.6. The van der Waals surface area contributed by atoms with Crippen LogP contribution in [0.1, 0.15) is 29.6 Å². The Morgan fingerprint density at radius 1 is 0.914 bits per heavy atom. The minimum Gasteiger partial charge on any atom is -0.342 e. The lowest BCUT2D eigenvalue weighted by atomic mass is 10.1. The number of nitrogens with zero attached hydrogens (tertiary/aromatic N) is 1. The van der Waals surface area contributed by atoms with E-state index in [1.54, 1.807) is 36.4 Å². The van der Waals surface area contributed by atoms with Gasteiger partial charge in [0.15, 0.2) is 0 Å². The van der Waals surface area contributed by atoms with Gasteiger partial charge in [0, 0.05) is 11.5 Å². The van der Waals surface area contributed by atoms with Crippen LogP contribution in [0.2, 0.25) is 0 Å². The van der Waals surface area contributed by atoms with Crippen LogP contribution < -0.4 is 5.14 Å². The average molecular weight is 522 g/mol. The lowest BCUT2D eigenvalue weighted by molar-refractivity contribution is -0.0436. The first-order valence-corrected chi connectivity index (χ1v) is 13.4. The highest BCUT2D eigenvalue weighted by Crippen LogP contribution is 2.54. The number of nitrogens with two attached hydrogens (primary N) is 1. The number of aromatic amines is 1. The Balaban J connectivity index is 1.41. The zero-order valence-corrected chi connectivity index (χ0v) is 19.5. The third-order valence-corrected chi connectivity index (χ3v) is 8.54. The van der Waals surface area contributed by atoms with E-state index in [0.717, 1.165) is 23.2 Å². The van der Waals surface area contributed by atoms with Crippen molar-refractivity contribution >= 4 is 30.9 Å². The summed E-state index contributed by atoms with van der Waals surface area (Å²) >= 11 is 0. The largest absolute Gasteiger partial charge is 0.501 e. The van der Waals surface area contributed by atoms with E-state index in [-0.39, 0.29) is 16.7 Å². The SMILES string of the molecule is NS(=O)(=O)c1ccccc1-c1ccc2[nH]c(C3CC3c3ccc(S(=O)(=O)C(F)(F)F)cc3)nc2c1. The summed E-state index contributed by atoms with van der Waals surface area (Å²) in [7, 11) is -9.30. The number of nitrogens with one attached hydrogen (secondary N) is 1. The van der Waals surface area contributed by atoms with Gasteiger partial charge in [-0.25, -0.2) is 27.0 Å². The average Bonchev–Trinajstić information content (AvgIpc) is 3.49. The van der Waals surface area contributed by atoms with E-state index in [0.29, 0.717) is 28.9 Å². The summed E-state index contributed by atoms with van der Waals surface area (Å²) in [6, 6.07) is 16.4. The van der Waals surface area contributed by atoms with Crippen LogP contribution in [0.4, 0.5) is 13.2 Å². The molecule has 2 atom stereocenters. The second-order valence-corrected chi connectivity index (χ2v) is 11.8. The number of rotatable bonds is 5. The minimum absolute atomic E-state index is 0.00682. The molecule has 3 N–H and O–H groups in total. The van der Waals surface area contributed by atoms with Gasteiger partial charge in [0.25, 0.3) is 9.84 Å². The molecule has 0 bridgehead atoms. The second-order valence-electron chi connectivity index (χ2n) is 8.36. The summed E-state index contributed by atoms with van der Waals surface area (Å²) in [5.41, 5.74) is -2.17. The summed E-state index contributed by atoms with van der Waals surface area (Å²) in [6.45, 7) is 0. The molecule has 1 heterocycles. The molecule has 0 amide bonds. The Morgan fingerprint density at radius 2 is 1.60 bits per heavy atom.